The summed E-state index contributed by atoms with van der Waals surface area (Å²) in [7, 11) is 0. The van der Waals surface area contributed by atoms with Crippen molar-refractivity contribution in [3.8, 4) is 33.4 Å². The van der Waals surface area contributed by atoms with E-state index in [-0.39, 0.29) is 11.8 Å². The van der Waals surface area contributed by atoms with E-state index in [1.54, 1.807) is 0 Å². The molecule has 0 aliphatic heterocycles. The first kappa shape index (κ1) is 40.7. The average Bonchev–Trinajstić information content (AvgIpc) is 3.92. The van der Waals surface area contributed by atoms with Crippen molar-refractivity contribution in [3.05, 3.63) is 330 Å². The van der Waals surface area contributed by atoms with Gasteiger partial charge in [0.2, 0.25) is 0 Å². The van der Waals surface area contributed by atoms with Gasteiger partial charge < -0.3 is 4.90 Å². The van der Waals surface area contributed by atoms with Gasteiger partial charge in [0.15, 0.2) is 0 Å². The largest absolute Gasteiger partial charge is 0.310 e. The van der Waals surface area contributed by atoms with Gasteiger partial charge in [-0.3, -0.25) is 0 Å². The predicted octanol–water partition coefficient (Wildman–Crippen LogP) is 17.0. The fourth-order valence-electron chi connectivity index (χ4n) is 12.6. The summed E-state index contributed by atoms with van der Waals surface area (Å²) in [4.78, 5) is 2.57. The van der Waals surface area contributed by atoms with Crippen molar-refractivity contribution in [2.45, 2.75) is 16.7 Å². The van der Waals surface area contributed by atoms with E-state index in [0.29, 0.717) is 0 Å². The zero-order valence-electron chi connectivity index (χ0n) is 38.2. The van der Waals surface area contributed by atoms with Crippen molar-refractivity contribution in [3.63, 3.8) is 0 Å². The van der Waals surface area contributed by atoms with Gasteiger partial charge in [-0.1, -0.05) is 261 Å². The Kier molecular flexibility index (Phi) is 9.84. The minimum atomic E-state index is -0.624. The van der Waals surface area contributed by atoms with Gasteiger partial charge in [0.25, 0.3) is 0 Å². The van der Waals surface area contributed by atoms with Crippen LogP contribution in [0.2, 0.25) is 0 Å². The summed E-state index contributed by atoms with van der Waals surface area (Å²) < 4.78 is 0. The van der Waals surface area contributed by atoms with Crippen LogP contribution in [0.15, 0.2) is 285 Å². The van der Waals surface area contributed by atoms with E-state index in [1.807, 2.05) is 0 Å². The average molecular weight is 880 g/mol. The molecule has 0 amide bonds. The standard InChI is InChI=1S/C68H49N/c1-5-24-48(25-6-1)54-32-13-14-33-55(54)59-37-18-22-42-64(59)69(53-46-44-52(45-47-53)67(49-26-7-2-8-27-49)61-39-19-15-34-56(61)57-35-16-20-40-62(57)67)65-43-23-38-60-58-36-17-21-41-63(58)68(66(60)65,50-28-9-3-10-29-50)51-30-11-4-12-31-51/h1-47,56,61H. The Morgan fingerprint density at radius 3 is 1.51 bits per heavy atom. The van der Waals surface area contributed by atoms with Crippen LogP contribution in [-0.4, -0.2) is 0 Å². The van der Waals surface area contributed by atoms with Crippen molar-refractivity contribution in [1.82, 2.24) is 0 Å². The highest BCUT2D eigenvalue weighted by molar-refractivity contribution is 5.98. The molecule has 0 saturated heterocycles. The highest BCUT2D eigenvalue weighted by Crippen LogP contribution is 2.62. The third kappa shape index (κ3) is 6.17. The van der Waals surface area contributed by atoms with Crippen molar-refractivity contribution in [2.24, 2.45) is 5.92 Å². The number of hydrogen-bond acceptors (Lipinski definition) is 1. The Labute approximate surface area is 405 Å². The van der Waals surface area contributed by atoms with Crippen LogP contribution in [-0.2, 0) is 10.8 Å². The monoisotopic (exact) mass is 879 g/mol. The number of hydrogen-bond donors (Lipinski definition) is 0. The molecule has 1 heteroatoms. The van der Waals surface area contributed by atoms with Gasteiger partial charge in [0.1, 0.15) is 0 Å². The third-order valence-electron chi connectivity index (χ3n) is 15.3. The second-order valence-corrected chi connectivity index (χ2v) is 18.6. The van der Waals surface area contributed by atoms with Gasteiger partial charge in [-0.2, -0.15) is 0 Å². The number of fused-ring (bicyclic) bond motifs is 6. The Hall–Kier alpha value is -8.52. The fraction of sp³-hybridized carbons (Fsp3) is 0.0588. The maximum Gasteiger partial charge on any atom is 0.0734 e. The first-order chi connectivity index (χ1) is 34.3. The first-order valence-corrected chi connectivity index (χ1v) is 24.3. The number of nitrogens with zero attached hydrogens (tertiary/aromatic N) is 1. The Balaban J connectivity index is 1.10. The Morgan fingerprint density at radius 2 is 0.812 bits per heavy atom. The summed E-state index contributed by atoms with van der Waals surface area (Å²) in [5.74, 6) is 0.490. The lowest BCUT2D eigenvalue weighted by Crippen LogP contribution is -2.35. The summed E-state index contributed by atoms with van der Waals surface area (Å²) in [6, 6.07) is 97.1. The molecule has 3 unspecified atom stereocenters. The zero-order valence-corrected chi connectivity index (χ0v) is 38.2. The number of allylic oxidation sites excluding steroid dienone is 4. The second-order valence-electron chi connectivity index (χ2n) is 18.6. The van der Waals surface area contributed by atoms with Crippen LogP contribution >= 0.6 is 0 Å². The van der Waals surface area contributed by atoms with Gasteiger partial charge in [-0.05, 0) is 91.0 Å². The molecule has 0 aromatic heterocycles. The van der Waals surface area contributed by atoms with Crippen LogP contribution in [0.5, 0.6) is 0 Å². The van der Waals surface area contributed by atoms with Crippen molar-refractivity contribution in [1.29, 1.82) is 0 Å². The first-order valence-electron chi connectivity index (χ1n) is 24.3. The molecule has 0 bridgehead atoms. The molecule has 0 saturated carbocycles. The summed E-state index contributed by atoms with van der Waals surface area (Å²) in [5, 5.41) is 0. The van der Waals surface area contributed by atoms with Gasteiger partial charge in [0, 0.05) is 28.7 Å². The smallest absolute Gasteiger partial charge is 0.0734 e. The highest BCUT2D eigenvalue weighted by Gasteiger charge is 2.53. The van der Waals surface area contributed by atoms with Gasteiger partial charge >= 0.3 is 0 Å². The van der Waals surface area contributed by atoms with Crippen LogP contribution in [0.4, 0.5) is 17.1 Å². The number of para-hydroxylation sites is 1. The van der Waals surface area contributed by atoms with Crippen LogP contribution < -0.4 is 4.90 Å². The van der Waals surface area contributed by atoms with Gasteiger partial charge in [-0.25, -0.2) is 0 Å². The zero-order chi connectivity index (χ0) is 45.8. The van der Waals surface area contributed by atoms with E-state index >= 15 is 0 Å². The summed E-state index contributed by atoms with van der Waals surface area (Å²) in [6.07, 6.45) is 9.35. The van der Waals surface area contributed by atoms with E-state index in [9.17, 15) is 0 Å². The minimum absolute atomic E-state index is 0.215. The van der Waals surface area contributed by atoms with Crippen molar-refractivity contribution < 1.29 is 0 Å². The molecule has 3 aliphatic carbocycles. The molecule has 0 N–H and O–H groups in total. The van der Waals surface area contributed by atoms with Gasteiger partial charge in [-0.15, -0.1) is 0 Å². The molecule has 1 nitrogen and oxygen atoms in total. The van der Waals surface area contributed by atoms with Crippen LogP contribution in [0, 0.1) is 5.92 Å². The number of benzene rings is 10. The number of anilines is 3. The molecule has 10 aromatic rings. The second kappa shape index (κ2) is 16.7. The molecule has 0 radical (unpaired) electrons. The molecule has 0 fully saturated rings. The van der Waals surface area contributed by atoms with E-state index in [2.05, 4.69) is 290 Å². The molecule has 326 valence electrons. The lowest BCUT2D eigenvalue weighted by atomic mass is 9.63. The minimum Gasteiger partial charge on any atom is -0.310 e. The van der Waals surface area contributed by atoms with Crippen LogP contribution in [0.1, 0.15) is 50.4 Å². The summed E-state index contributed by atoms with van der Waals surface area (Å²) in [5.41, 5.74) is 20.0. The Morgan fingerprint density at radius 1 is 0.319 bits per heavy atom. The lowest BCUT2D eigenvalue weighted by molar-refractivity contribution is 0.457. The van der Waals surface area contributed by atoms with Crippen molar-refractivity contribution >= 4 is 17.1 Å². The lowest BCUT2D eigenvalue weighted by Gasteiger charge is -2.40. The van der Waals surface area contributed by atoms with E-state index < -0.39 is 10.8 Å². The SMILES string of the molecule is C1=CC2c3ccccc3C(c3ccccc3)(c3ccc(N(c4ccccc4-c4ccccc4-c4ccccc4)c4cccc5c4C(c4ccccc4)(c4ccccc4)c4ccccc4-5)cc3)C2C=C1. The molecule has 3 atom stereocenters. The molecule has 10 aromatic carbocycles. The van der Waals surface area contributed by atoms with Crippen LogP contribution in [0.3, 0.4) is 0 Å². The van der Waals surface area contributed by atoms with E-state index in [0.717, 1.165) is 22.6 Å². The van der Waals surface area contributed by atoms with Gasteiger partial charge in [0.05, 0.1) is 22.2 Å². The van der Waals surface area contributed by atoms with E-state index in [1.165, 1.54) is 72.3 Å². The highest BCUT2D eigenvalue weighted by atomic mass is 15.1. The maximum atomic E-state index is 2.57. The molecular weight excluding hydrogens is 831 g/mol. The predicted molar refractivity (Wildman–Crippen MR) is 287 cm³/mol. The molecular formula is C68H49N. The Bertz CT molecular complexity index is 3510. The van der Waals surface area contributed by atoms with Crippen LogP contribution in [0.25, 0.3) is 33.4 Å². The maximum absolute atomic E-state index is 2.57. The molecule has 13 rings (SSSR count). The molecule has 3 aliphatic rings. The molecule has 0 heterocycles. The van der Waals surface area contributed by atoms with E-state index in [4.69, 9.17) is 0 Å². The molecule has 0 spiro atoms. The molecule has 69 heavy (non-hydrogen) atoms. The normalized spacial score (nSPS) is 17.9. The topological polar surface area (TPSA) is 3.24 Å². The fourth-order valence-corrected chi connectivity index (χ4v) is 12.6. The van der Waals surface area contributed by atoms with Crippen molar-refractivity contribution in [2.75, 3.05) is 4.90 Å². The summed E-state index contributed by atoms with van der Waals surface area (Å²) in [6.45, 7) is 0. The third-order valence-corrected chi connectivity index (χ3v) is 15.3. The summed E-state index contributed by atoms with van der Waals surface area (Å²) >= 11 is 0. The number of rotatable bonds is 9. The quantitative estimate of drug-likeness (QED) is 0.140.